The van der Waals surface area contributed by atoms with Crippen molar-refractivity contribution in [3.63, 3.8) is 0 Å². The number of nitrogens with zero attached hydrogens (tertiary/aromatic N) is 4. The van der Waals surface area contributed by atoms with Crippen LogP contribution in [0, 0.1) is 0 Å². The van der Waals surface area contributed by atoms with Gasteiger partial charge in [-0.05, 0) is 6.42 Å². The molecule has 2 rings (SSSR count). The molecule has 1 N–H and O–H groups in total. The molecule has 5 heteroatoms. The molecule has 0 unspecified atom stereocenters. The molecule has 0 saturated carbocycles. The molecule has 0 atom stereocenters. The standard InChI is InChI=1S/C9H16N4O/c1-3-9(14)5-13(6-9)4-8-10-7-11-12(8)2/h7,14H,3-6H2,1-2H3. The van der Waals surface area contributed by atoms with Gasteiger partial charge in [-0.15, -0.1) is 0 Å². The van der Waals surface area contributed by atoms with E-state index < -0.39 is 5.60 Å². The highest BCUT2D eigenvalue weighted by molar-refractivity contribution is 4.97. The van der Waals surface area contributed by atoms with Crippen LogP contribution in [0.5, 0.6) is 0 Å². The number of aliphatic hydroxyl groups is 1. The summed E-state index contributed by atoms with van der Waals surface area (Å²) in [5, 5.41) is 13.8. The topological polar surface area (TPSA) is 54.2 Å². The molecule has 0 aromatic carbocycles. The highest BCUT2D eigenvalue weighted by Crippen LogP contribution is 2.24. The van der Waals surface area contributed by atoms with E-state index in [9.17, 15) is 5.11 Å². The van der Waals surface area contributed by atoms with Crippen LogP contribution >= 0.6 is 0 Å². The number of aromatic nitrogens is 3. The summed E-state index contributed by atoms with van der Waals surface area (Å²) in [6, 6.07) is 0. The van der Waals surface area contributed by atoms with Crippen molar-refractivity contribution in [3.05, 3.63) is 12.2 Å². The van der Waals surface area contributed by atoms with Gasteiger partial charge in [0.25, 0.3) is 0 Å². The fourth-order valence-electron chi connectivity index (χ4n) is 1.78. The summed E-state index contributed by atoms with van der Waals surface area (Å²) in [7, 11) is 1.88. The number of hydrogen-bond donors (Lipinski definition) is 1. The predicted octanol–water partition coefficient (Wildman–Crippen LogP) is -0.228. The predicted molar refractivity (Wildman–Crippen MR) is 51.5 cm³/mol. The second kappa shape index (κ2) is 3.33. The van der Waals surface area contributed by atoms with Crippen molar-refractivity contribution in [1.29, 1.82) is 0 Å². The van der Waals surface area contributed by atoms with E-state index in [0.717, 1.165) is 31.9 Å². The zero-order valence-corrected chi connectivity index (χ0v) is 8.64. The molecule has 1 fully saturated rings. The van der Waals surface area contributed by atoms with Crippen LogP contribution < -0.4 is 0 Å². The first-order chi connectivity index (χ1) is 6.63. The van der Waals surface area contributed by atoms with Crippen molar-refractivity contribution in [2.24, 2.45) is 7.05 Å². The Bertz CT molecular complexity index is 316. The fourth-order valence-corrected chi connectivity index (χ4v) is 1.78. The number of β-amino-alcohol motifs (C(OH)–C–C–N with tert-alkyl or cyclic N) is 1. The van der Waals surface area contributed by atoms with E-state index >= 15 is 0 Å². The Morgan fingerprint density at radius 1 is 1.57 bits per heavy atom. The first-order valence-electron chi connectivity index (χ1n) is 4.90. The van der Waals surface area contributed by atoms with Gasteiger partial charge in [-0.2, -0.15) is 5.10 Å². The molecule has 5 nitrogen and oxygen atoms in total. The zero-order valence-electron chi connectivity index (χ0n) is 8.64. The van der Waals surface area contributed by atoms with Gasteiger partial charge >= 0.3 is 0 Å². The second-order valence-electron chi connectivity index (χ2n) is 4.02. The molecule has 78 valence electrons. The number of aryl methyl sites for hydroxylation is 1. The van der Waals surface area contributed by atoms with E-state index in [1.807, 2.05) is 14.0 Å². The van der Waals surface area contributed by atoms with Crippen LogP contribution in [0.25, 0.3) is 0 Å². The van der Waals surface area contributed by atoms with Gasteiger partial charge in [-0.25, -0.2) is 4.98 Å². The number of hydrogen-bond acceptors (Lipinski definition) is 4. The van der Waals surface area contributed by atoms with Crippen molar-refractivity contribution in [3.8, 4) is 0 Å². The first kappa shape index (κ1) is 9.61. The summed E-state index contributed by atoms with van der Waals surface area (Å²) in [5.74, 6) is 0.947. The molecule has 1 aliphatic heterocycles. The maximum atomic E-state index is 9.80. The number of likely N-dealkylation sites (tertiary alicyclic amines) is 1. The van der Waals surface area contributed by atoms with Crippen LogP contribution in [-0.4, -0.2) is 43.5 Å². The molecule has 0 aliphatic carbocycles. The monoisotopic (exact) mass is 196 g/mol. The van der Waals surface area contributed by atoms with Gasteiger partial charge in [0.2, 0.25) is 0 Å². The Labute approximate surface area is 83.4 Å². The molecule has 0 bridgehead atoms. The Hall–Kier alpha value is -0.940. The van der Waals surface area contributed by atoms with Crippen molar-refractivity contribution in [2.45, 2.75) is 25.5 Å². The van der Waals surface area contributed by atoms with Gasteiger partial charge in [0.15, 0.2) is 0 Å². The van der Waals surface area contributed by atoms with Gasteiger partial charge in [-0.1, -0.05) is 6.92 Å². The van der Waals surface area contributed by atoms with Crippen molar-refractivity contribution >= 4 is 0 Å². The SMILES string of the molecule is CCC1(O)CN(Cc2ncnn2C)C1. The smallest absolute Gasteiger partial charge is 0.140 e. The Balaban J connectivity index is 1.88. The quantitative estimate of drug-likeness (QED) is 0.725. The van der Waals surface area contributed by atoms with Crippen LogP contribution in [0.2, 0.25) is 0 Å². The Morgan fingerprint density at radius 2 is 2.29 bits per heavy atom. The second-order valence-corrected chi connectivity index (χ2v) is 4.02. The van der Waals surface area contributed by atoms with E-state index in [1.165, 1.54) is 0 Å². The van der Waals surface area contributed by atoms with Crippen LogP contribution in [0.3, 0.4) is 0 Å². The van der Waals surface area contributed by atoms with Crippen LogP contribution in [0.1, 0.15) is 19.2 Å². The van der Waals surface area contributed by atoms with Crippen LogP contribution in [-0.2, 0) is 13.6 Å². The lowest BCUT2D eigenvalue weighted by Crippen LogP contribution is -2.60. The molecule has 14 heavy (non-hydrogen) atoms. The molecular weight excluding hydrogens is 180 g/mol. The lowest BCUT2D eigenvalue weighted by molar-refractivity contribution is -0.104. The normalized spacial score (nSPS) is 20.8. The summed E-state index contributed by atoms with van der Waals surface area (Å²) in [5.41, 5.74) is -0.460. The number of rotatable bonds is 3. The van der Waals surface area contributed by atoms with Gasteiger partial charge in [0, 0.05) is 20.1 Å². The minimum absolute atomic E-state index is 0.460. The minimum atomic E-state index is -0.460. The van der Waals surface area contributed by atoms with E-state index in [-0.39, 0.29) is 0 Å². The summed E-state index contributed by atoms with van der Waals surface area (Å²) < 4.78 is 1.77. The summed E-state index contributed by atoms with van der Waals surface area (Å²) in [6.07, 6.45) is 2.38. The summed E-state index contributed by atoms with van der Waals surface area (Å²) in [6.45, 7) is 4.28. The molecule has 1 saturated heterocycles. The highest BCUT2D eigenvalue weighted by Gasteiger charge is 2.39. The molecule has 1 aromatic rings. The van der Waals surface area contributed by atoms with E-state index in [4.69, 9.17) is 0 Å². The van der Waals surface area contributed by atoms with E-state index in [0.29, 0.717) is 0 Å². The maximum Gasteiger partial charge on any atom is 0.140 e. The molecule has 0 radical (unpaired) electrons. The van der Waals surface area contributed by atoms with Crippen molar-refractivity contribution in [2.75, 3.05) is 13.1 Å². The first-order valence-corrected chi connectivity index (χ1v) is 4.90. The van der Waals surface area contributed by atoms with E-state index in [2.05, 4.69) is 15.0 Å². The van der Waals surface area contributed by atoms with Gasteiger partial charge in [0.1, 0.15) is 12.2 Å². The van der Waals surface area contributed by atoms with Gasteiger partial charge in [-0.3, -0.25) is 9.58 Å². The average Bonchev–Trinajstić information content (AvgIpc) is 2.49. The zero-order chi connectivity index (χ0) is 10.2. The Morgan fingerprint density at radius 3 is 2.79 bits per heavy atom. The molecule has 1 aromatic heterocycles. The lowest BCUT2D eigenvalue weighted by Gasteiger charge is -2.45. The maximum absolute atomic E-state index is 9.80. The van der Waals surface area contributed by atoms with Gasteiger partial charge < -0.3 is 5.11 Å². The molecule has 2 heterocycles. The summed E-state index contributed by atoms with van der Waals surface area (Å²) >= 11 is 0. The summed E-state index contributed by atoms with van der Waals surface area (Å²) in [4.78, 5) is 6.31. The lowest BCUT2D eigenvalue weighted by atomic mass is 9.91. The third-order valence-corrected chi connectivity index (χ3v) is 2.86. The highest BCUT2D eigenvalue weighted by atomic mass is 16.3. The third-order valence-electron chi connectivity index (χ3n) is 2.86. The largest absolute Gasteiger partial charge is 0.387 e. The fraction of sp³-hybridized carbons (Fsp3) is 0.778. The molecule has 0 amide bonds. The third kappa shape index (κ3) is 1.65. The van der Waals surface area contributed by atoms with Crippen molar-refractivity contribution in [1.82, 2.24) is 19.7 Å². The minimum Gasteiger partial charge on any atom is -0.387 e. The van der Waals surface area contributed by atoms with Crippen LogP contribution in [0.15, 0.2) is 6.33 Å². The van der Waals surface area contributed by atoms with Gasteiger partial charge in [0.05, 0.1) is 12.1 Å². The molecule has 1 aliphatic rings. The molecule has 0 spiro atoms. The molecular formula is C9H16N4O. The van der Waals surface area contributed by atoms with Crippen molar-refractivity contribution < 1.29 is 5.11 Å². The average molecular weight is 196 g/mol. The Kier molecular flexibility index (Phi) is 2.28. The van der Waals surface area contributed by atoms with E-state index in [1.54, 1.807) is 11.0 Å². The van der Waals surface area contributed by atoms with Crippen LogP contribution in [0.4, 0.5) is 0 Å².